The molecule has 0 aliphatic carbocycles. The van der Waals surface area contributed by atoms with Gasteiger partial charge in [0.25, 0.3) is 0 Å². The van der Waals surface area contributed by atoms with Gasteiger partial charge in [-0.1, -0.05) is 0 Å². The monoisotopic (exact) mass is 484 g/mol. The number of carbonyl (C=O) groups is 1. The van der Waals surface area contributed by atoms with E-state index in [0.29, 0.717) is 19.5 Å². The molecular weight excluding hydrogens is 452 g/mol. The molecule has 0 aromatic carbocycles. The van der Waals surface area contributed by atoms with Crippen LogP contribution in [0.5, 0.6) is 0 Å². The smallest absolute Gasteiger partial charge is 0.246 e. The van der Waals surface area contributed by atoms with E-state index in [1.54, 1.807) is 24.3 Å². The van der Waals surface area contributed by atoms with Crippen molar-refractivity contribution in [3.63, 3.8) is 0 Å². The van der Waals surface area contributed by atoms with Gasteiger partial charge in [-0.3, -0.25) is 9.48 Å². The summed E-state index contributed by atoms with van der Waals surface area (Å²) in [6.07, 6.45) is 5.70. The summed E-state index contributed by atoms with van der Waals surface area (Å²) in [6.45, 7) is 9.00. The third-order valence-electron chi connectivity index (χ3n) is 6.71. The first-order valence-corrected chi connectivity index (χ1v) is 13.2. The Labute approximate surface area is 200 Å². The Morgan fingerprint density at radius 2 is 2.03 bits per heavy atom. The van der Waals surface area contributed by atoms with Crippen molar-refractivity contribution < 1.29 is 17.6 Å². The standard InChI is InChI=1S/C25H32N4O4S/c1-17-13-21(19(3)28(17)14-23-7-6-11-33-23)8-9-25(30)27(5)15-24-18(2)26-29(20(24)4)22-10-12-34(31,32)16-22/h6-9,11,13,22H,10,12,14-16H2,1-5H3/b9-8+. The van der Waals surface area contributed by atoms with Crippen molar-refractivity contribution >= 4 is 21.8 Å². The van der Waals surface area contributed by atoms with Gasteiger partial charge < -0.3 is 13.9 Å². The van der Waals surface area contributed by atoms with E-state index in [1.165, 1.54) is 0 Å². The molecule has 1 amide bonds. The van der Waals surface area contributed by atoms with Crippen molar-refractivity contribution in [2.75, 3.05) is 18.6 Å². The average Bonchev–Trinajstić information content (AvgIpc) is 3.54. The number of sulfone groups is 1. The highest BCUT2D eigenvalue weighted by Gasteiger charge is 2.31. The predicted molar refractivity (Wildman–Crippen MR) is 131 cm³/mol. The number of aromatic nitrogens is 3. The number of hydrogen-bond donors (Lipinski definition) is 0. The highest BCUT2D eigenvalue weighted by molar-refractivity contribution is 7.91. The summed E-state index contributed by atoms with van der Waals surface area (Å²) >= 11 is 0. The summed E-state index contributed by atoms with van der Waals surface area (Å²) < 4.78 is 33.2. The Bertz CT molecular complexity index is 1330. The van der Waals surface area contributed by atoms with Crippen LogP contribution in [0.3, 0.4) is 0 Å². The molecule has 1 aliphatic heterocycles. The van der Waals surface area contributed by atoms with Crippen molar-refractivity contribution in [1.82, 2.24) is 19.2 Å². The predicted octanol–water partition coefficient (Wildman–Crippen LogP) is 3.59. The molecule has 0 spiro atoms. The van der Waals surface area contributed by atoms with Gasteiger partial charge in [-0.05, 0) is 64.0 Å². The van der Waals surface area contributed by atoms with Crippen LogP contribution < -0.4 is 0 Å². The van der Waals surface area contributed by atoms with Crippen molar-refractivity contribution in [3.05, 3.63) is 70.2 Å². The molecule has 3 aromatic heterocycles. The third-order valence-corrected chi connectivity index (χ3v) is 8.46. The second kappa shape index (κ2) is 9.29. The largest absolute Gasteiger partial charge is 0.467 e. The summed E-state index contributed by atoms with van der Waals surface area (Å²) in [4.78, 5) is 14.5. The Balaban J connectivity index is 1.45. The molecule has 0 saturated carbocycles. The van der Waals surface area contributed by atoms with Crippen LogP contribution in [0, 0.1) is 27.7 Å². The molecule has 1 unspecified atom stereocenters. The van der Waals surface area contributed by atoms with Crippen LogP contribution in [0.15, 0.2) is 35.0 Å². The van der Waals surface area contributed by atoms with E-state index >= 15 is 0 Å². The summed E-state index contributed by atoms with van der Waals surface area (Å²) in [5.74, 6) is 1.11. The van der Waals surface area contributed by atoms with Crippen LogP contribution in [-0.4, -0.2) is 52.1 Å². The fraction of sp³-hybridized carbons (Fsp3) is 0.440. The molecule has 4 heterocycles. The maximum atomic E-state index is 12.9. The second-order valence-electron chi connectivity index (χ2n) is 9.17. The maximum absolute atomic E-state index is 12.9. The highest BCUT2D eigenvalue weighted by Crippen LogP contribution is 2.27. The number of likely N-dealkylation sites (N-methyl/N-ethyl adjacent to an activating group) is 1. The van der Waals surface area contributed by atoms with Gasteiger partial charge in [0.2, 0.25) is 5.91 Å². The van der Waals surface area contributed by atoms with Crippen molar-refractivity contribution in [2.24, 2.45) is 0 Å². The molecule has 8 nitrogen and oxygen atoms in total. The van der Waals surface area contributed by atoms with Crippen LogP contribution in [-0.2, 0) is 27.7 Å². The SMILES string of the molecule is Cc1nn(C2CCS(=O)(=O)C2)c(C)c1CN(C)C(=O)/C=C/c1cc(C)n(Cc2ccco2)c1C. The van der Waals surface area contributed by atoms with E-state index < -0.39 is 9.84 Å². The molecular formula is C25H32N4O4S. The molecule has 3 aromatic rings. The first-order valence-electron chi connectivity index (χ1n) is 11.4. The molecule has 1 saturated heterocycles. The summed E-state index contributed by atoms with van der Waals surface area (Å²) in [5, 5.41) is 4.60. The zero-order valence-corrected chi connectivity index (χ0v) is 21.2. The van der Waals surface area contributed by atoms with Gasteiger partial charge in [-0.25, -0.2) is 8.42 Å². The van der Waals surface area contributed by atoms with E-state index in [9.17, 15) is 13.2 Å². The summed E-state index contributed by atoms with van der Waals surface area (Å²) in [5.41, 5.74) is 5.87. The Morgan fingerprint density at radius 1 is 1.26 bits per heavy atom. The van der Waals surface area contributed by atoms with E-state index in [0.717, 1.165) is 39.7 Å². The molecule has 34 heavy (non-hydrogen) atoms. The minimum absolute atomic E-state index is 0.106. The van der Waals surface area contributed by atoms with E-state index in [1.807, 2.05) is 50.6 Å². The first-order chi connectivity index (χ1) is 16.1. The average molecular weight is 485 g/mol. The number of nitrogens with zero attached hydrogens (tertiary/aromatic N) is 4. The fourth-order valence-corrected chi connectivity index (χ4v) is 6.34. The van der Waals surface area contributed by atoms with Crippen LogP contribution in [0.4, 0.5) is 0 Å². The van der Waals surface area contributed by atoms with Gasteiger partial charge in [-0.15, -0.1) is 0 Å². The molecule has 1 aliphatic rings. The molecule has 0 bridgehead atoms. The molecule has 0 N–H and O–H groups in total. The van der Waals surface area contributed by atoms with E-state index in [4.69, 9.17) is 4.42 Å². The lowest BCUT2D eigenvalue weighted by Crippen LogP contribution is -2.25. The number of rotatable bonds is 7. The summed E-state index contributed by atoms with van der Waals surface area (Å²) in [7, 11) is -1.23. The molecule has 1 fully saturated rings. The molecule has 182 valence electrons. The van der Waals surface area contributed by atoms with Gasteiger partial charge in [-0.2, -0.15) is 5.10 Å². The maximum Gasteiger partial charge on any atom is 0.246 e. The van der Waals surface area contributed by atoms with Crippen LogP contribution in [0.2, 0.25) is 0 Å². The van der Waals surface area contributed by atoms with E-state index in [2.05, 4.69) is 15.7 Å². The molecule has 1 atom stereocenters. The molecule has 0 radical (unpaired) electrons. The van der Waals surface area contributed by atoms with Crippen molar-refractivity contribution in [1.29, 1.82) is 0 Å². The lowest BCUT2D eigenvalue weighted by atomic mass is 10.1. The number of carbonyl (C=O) groups excluding carboxylic acids is 1. The van der Waals surface area contributed by atoms with Gasteiger partial charge in [0.15, 0.2) is 9.84 Å². The van der Waals surface area contributed by atoms with Crippen molar-refractivity contribution in [2.45, 2.75) is 53.2 Å². The molecule has 9 heteroatoms. The summed E-state index contributed by atoms with van der Waals surface area (Å²) in [6, 6.07) is 5.76. The minimum atomic E-state index is -3.00. The number of amides is 1. The van der Waals surface area contributed by atoms with E-state index in [-0.39, 0.29) is 23.5 Å². The third kappa shape index (κ3) is 4.89. The minimum Gasteiger partial charge on any atom is -0.467 e. The first kappa shape index (κ1) is 24.1. The topological polar surface area (TPSA) is 90.3 Å². The Morgan fingerprint density at radius 3 is 2.68 bits per heavy atom. The fourth-order valence-electron chi connectivity index (χ4n) is 4.65. The van der Waals surface area contributed by atoms with Gasteiger partial charge in [0, 0.05) is 42.3 Å². The number of furan rings is 1. The van der Waals surface area contributed by atoms with Crippen LogP contribution in [0.25, 0.3) is 6.08 Å². The van der Waals surface area contributed by atoms with Gasteiger partial charge in [0.05, 0.1) is 36.0 Å². The number of aryl methyl sites for hydroxylation is 2. The Hall–Kier alpha value is -3.07. The lowest BCUT2D eigenvalue weighted by molar-refractivity contribution is -0.125. The molecule has 4 rings (SSSR count). The zero-order chi connectivity index (χ0) is 24.6. The number of hydrogen-bond acceptors (Lipinski definition) is 5. The highest BCUT2D eigenvalue weighted by atomic mass is 32.2. The van der Waals surface area contributed by atoms with Crippen molar-refractivity contribution in [3.8, 4) is 0 Å². The zero-order valence-electron chi connectivity index (χ0n) is 20.4. The van der Waals surface area contributed by atoms with Crippen LogP contribution in [0.1, 0.15) is 52.1 Å². The lowest BCUT2D eigenvalue weighted by Gasteiger charge is -2.16. The van der Waals surface area contributed by atoms with Crippen LogP contribution >= 0.6 is 0 Å². The van der Waals surface area contributed by atoms with Gasteiger partial charge in [0.1, 0.15) is 5.76 Å². The quantitative estimate of drug-likeness (QED) is 0.478. The Kier molecular flexibility index (Phi) is 6.58. The normalized spacial score (nSPS) is 17.6. The second-order valence-corrected chi connectivity index (χ2v) is 11.4. The van der Waals surface area contributed by atoms with Gasteiger partial charge >= 0.3 is 0 Å².